The number of fused-ring (bicyclic) bond motifs is 1. The molecule has 1 atom stereocenters. The average molecular weight is 249 g/mol. The fraction of sp³-hybridized carbons (Fsp3) is 0.429. The Morgan fingerprint density at radius 2 is 2.24 bits per heavy atom. The molecule has 1 fully saturated rings. The van der Waals surface area contributed by atoms with E-state index in [9.17, 15) is 0 Å². The Morgan fingerprint density at radius 1 is 1.41 bits per heavy atom. The summed E-state index contributed by atoms with van der Waals surface area (Å²) < 4.78 is 2.14. The molecule has 0 aliphatic carbocycles. The van der Waals surface area contributed by atoms with Crippen molar-refractivity contribution in [2.24, 2.45) is 7.05 Å². The molecule has 3 heteroatoms. The van der Waals surface area contributed by atoms with Crippen molar-refractivity contribution >= 4 is 22.5 Å². The van der Waals surface area contributed by atoms with Crippen molar-refractivity contribution < 1.29 is 0 Å². The second-order valence-corrected chi connectivity index (χ2v) is 5.56. The summed E-state index contributed by atoms with van der Waals surface area (Å²) in [6.45, 7) is 3.39. The van der Waals surface area contributed by atoms with Crippen molar-refractivity contribution in [2.45, 2.75) is 25.3 Å². The number of nitrogens with zero attached hydrogens (tertiary/aromatic N) is 1. The Morgan fingerprint density at radius 3 is 2.94 bits per heavy atom. The van der Waals surface area contributed by atoms with Crippen molar-refractivity contribution in [3.8, 4) is 0 Å². The number of benzene rings is 1. The van der Waals surface area contributed by atoms with Crippen LogP contribution in [0, 0.1) is 0 Å². The average Bonchev–Trinajstić information content (AvgIpc) is 2.86. The molecule has 0 amide bonds. The van der Waals surface area contributed by atoms with Gasteiger partial charge in [-0.15, -0.1) is 0 Å². The van der Waals surface area contributed by atoms with Crippen LogP contribution in [0.4, 0.5) is 0 Å². The van der Waals surface area contributed by atoms with Crippen LogP contribution in [0.15, 0.2) is 24.4 Å². The van der Waals surface area contributed by atoms with E-state index in [0.29, 0.717) is 0 Å². The smallest absolute Gasteiger partial charge is 0.0661 e. The third-order valence-electron chi connectivity index (χ3n) is 3.92. The molecule has 0 radical (unpaired) electrons. The first-order chi connectivity index (χ1) is 8.12. The first-order valence-electron chi connectivity index (χ1n) is 6.11. The van der Waals surface area contributed by atoms with E-state index in [1.54, 1.807) is 0 Å². The van der Waals surface area contributed by atoms with Crippen LogP contribution in [0.1, 0.15) is 25.3 Å². The van der Waals surface area contributed by atoms with Crippen LogP contribution in [0.25, 0.3) is 10.9 Å². The summed E-state index contributed by atoms with van der Waals surface area (Å²) in [6.07, 6.45) is 4.42. The van der Waals surface area contributed by atoms with E-state index in [1.165, 1.54) is 23.9 Å². The number of aryl methyl sites for hydroxylation is 1. The van der Waals surface area contributed by atoms with Crippen molar-refractivity contribution in [3.63, 3.8) is 0 Å². The van der Waals surface area contributed by atoms with Gasteiger partial charge in [-0.1, -0.05) is 29.8 Å². The SMILES string of the molecule is Cn1cc(Cl)c2cccc(C3(C)CCCN3)c21. The van der Waals surface area contributed by atoms with Gasteiger partial charge in [0.1, 0.15) is 0 Å². The van der Waals surface area contributed by atoms with Gasteiger partial charge in [-0.05, 0) is 31.9 Å². The molecule has 0 saturated carbocycles. The number of rotatable bonds is 1. The number of hydrogen-bond donors (Lipinski definition) is 1. The lowest BCUT2D eigenvalue weighted by atomic mass is 9.89. The summed E-state index contributed by atoms with van der Waals surface area (Å²) in [6, 6.07) is 6.42. The van der Waals surface area contributed by atoms with Gasteiger partial charge in [0.05, 0.1) is 10.5 Å². The molecular weight excluding hydrogens is 232 g/mol. The predicted octanol–water partition coefficient (Wildman–Crippen LogP) is 3.43. The van der Waals surface area contributed by atoms with Crippen molar-refractivity contribution in [2.75, 3.05) is 6.54 Å². The second-order valence-electron chi connectivity index (χ2n) is 5.15. The number of aromatic nitrogens is 1. The van der Waals surface area contributed by atoms with Crippen molar-refractivity contribution in [3.05, 3.63) is 35.0 Å². The fourth-order valence-corrected chi connectivity index (χ4v) is 3.29. The van der Waals surface area contributed by atoms with Crippen LogP contribution in [0.5, 0.6) is 0 Å². The molecule has 2 nitrogen and oxygen atoms in total. The van der Waals surface area contributed by atoms with Crippen LogP contribution < -0.4 is 5.32 Å². The fourth-order valence-electron chi connectivity index (χ4n) is 2.99. The van der Waals surface area contributed by atoms with Gasteiger partial charge in [0.15, 0.2) is 0 Å². The second kappa shape index (κ2) is 3.76. The Bertz CT molecular complexity index is 565. The minimum atomic E-state index is 0.0922. The molecule has 2 aromatic rings. The predicted molar refractivity (Wildman–Crippen MR) is 72.5 cm³/mol. The highest BCUT2D eigenvalue weighted by Crippen LogP contribution is 2.37. The molecular formula is C14H17ClN2. The molecule has 0 bridgehead atoms. The summed E-state index contributed by atoms with van der Waals surface area (Å²) in [5.41, 5.74) is 2.71. The van der Waals surface area contributed by atoms with E-state index in [-0.39, 0.29) is 5.54 Å². The topological polar surface area (TPSA) is 17.0 Å². The molecule has 90 valence electrons. The molecule has 2 heterocycles. The maximum Gasteiger partial charge on any atom is 0.0661 e. The van der Waals surface area contributed by atoms with E-state index in [2.05, 4.69) is 42.1 Å². The maximum absolute atomic E-state index is 6.26. The van der Waals surface area contributed by atoms with Crippen molar-refractivity contribution in [1.82, 2.24) is 9.88 Å². The van der Waals surface area contributed by atoms with Gasteiger partial charge < -0.3 is 9.88 Å². The van der Waals surface area contributed by atoms with Crippen LogP contribution in [0.3, 0.4) is 0 Å². The van der Waals surface area contributed by atoms with Crippen LogP contribution in [-0.2, 0) is 12.6 Å². The molecule has 17 heavy (non-hydrogen) atoms. The van der Waals surface area contributed by atoms with Crippen LogP contribution in [0.2, 0.25) is 5.02 Å². The Hall–Kier alpha value is -0.990. The van der Waals surface area contributed by atoms with Crippen LogP contribution in [-0.4, -0.2) is 11.1 Å². The Kier molecular flexibility index (Phi) is 2.46. The Balaban J connectivity index is 2.29. The molecule has 1 aromatic heterocycles. The number of halogens is 1. The zero-order valence-electron chi connectivity index (χ0n) is 10.3. The first kappa shape index (κ1) is 11.1. The van der Waals surface area contributed by atoms with Crippen molar-refractivity contribution in [1.29, 1.82) is 0 Å². The summed E-state index contributed by atoms with van der Waals surface area (Å²) >= 11 is 6.26. The minimum absolute atomic E-state index is 0.0922. The summed E-state index contributed by atoms with van der Waals surface area (Å²) in [5, 5.41) is 5.61. The van der Waals surface area contributed by atoms with Gasteiger partial charge in [-0.25, -0.2) is 0 Å². The molecule has 3 rings (SSSR count). The van der Waals surface area contributed by atoms with E-state index in [4.69, 9.17) is 11.6 Å². The largest absolute Gasteiger partial charge is 0.349 e. The lowest BCUT2D eigenvalue weighted by molar-refractivity contribution is 0.437. The summed E-state index contributed by atoms with van der Waals surface area (Å²) in [7, 11) is 2.07. The normalized spacial score (nSPS) is 24.6. The lowest BCUT2D eigenvalue weighted by Crippen LogP contribution is -2.33. The highest BCUT2D eigenvalue weighted by molar-refractivity contribution is 6.35. The van der Waals surface area contributed by atoms with Gasteiger partial charge in [-0.3, -0.25) is 0 Å². The zero-order valence-corrected chi connectivity index (χ0v) is 11.0. The quantitative estimate of drug-likeness (QED) is 0.818. The standard InChI is InChI=1S/C14H17ClN2/c1-14(7-4-8-16-14)11-6-3-5-10-12(15)9-17(2)13(10)11/h3,5-6,9,16H,4,7-8H2,1-2H3. The number of hydrogen-bond acceptors (Lipinski definition) is 1. The molecule has 1 aromatic carbocycles. The first-order valence-corrected chi connectivity index (χ1v) is 6.49. The molecule has 1 saturated heterocycles. The van der Waals surface area contributed by atoms with E-state index in [1.807, 2.05) is 6.20 Å². The third-order valence-corrected chi connectivity index (χ3v) is 4.22. The van der Waals surface area contributed by atoms with Gasteiger partial charge >= 0.3 is 0 Å². The number of para-hydroxylation sites is 1. The number of nitrogens with one attached hydrogen (secondary N) is 1. The molecule has 1 aliphatic heterocycles. The molecule has 1 unspecified atom stereocenters. The van der Waals surface area contributed by atoms with E-state index in [0.717, 1.165) is 17.0 Å². The zero-order chi connectivity index (χ0) is 12.0. The molecule has 1 aliphatic rings. The molecule has 1 N–H and O–H groups in total. The summed E-state index contributed by atoms with van der Waals surface area (Å²) in [4.78, 5) is 0. The van der Waals surface area contributed by atoms with E-state index < -0.39 is 0 Å². The van der Waals surface area contributed by atoms with Gasteiger partial charge in [0, 0.05) is 24.2 Å². The van der Waals surface area contributed by atoms with Gasteiger partial charge in [0.25, 0.3) is 0 Å². The van der Waals surface area contributed by atoms with Gasteiger partial charge in [0.2, 0.25) is 0 Å². The minimum Gasteiger partial charge on any atom is -0.349 e. The highest BCUT2D eigenvalue weighted by atomic mass is 35.5. The Labute approximate surface area is 107 Å². The monoisotopic (exact) mass is 248 g/mol. The molecule has 0 spiro atoms. The third kappa shape index (κ3) is 1.59. The highest BCUT2D eigenvalue weighted by Gasteiger charge is 2.32. The maximum atomic E-state index is 6.26. The van der Waals surface area contributed by atoms with Gasteiger partial charge in [-0.2, -0.15) is 0 Å². The summed E-state index contributed by atoms with van der Waals surface area (Å²) in [5.74, 6) is 0. The van der Waals surface area contributed by atoms with E-state index >= 15 is 0 Å². The van der Waals surface area contributed by atoms with Crippen LogP contribution >= 0.6 is 11.6 Å². The lowest BCUT2D eigenvalue weighted by Gasteiger charge is -2.26.